The molecule has 20 heavy (non-hydrogen) atoms. The van der Waals surface area contributed by atoms with Crippen LogP contribution in [0.1, 0.15) is 63.5 Å². The molecule has 1 saturated carbocycles. The van der Waals surface area contributed by atoms with Gasteiger partial charge in [0.25, 0.3) is 0 Å². The molecule has 2 aliphatic rings. The van der Waals surface area contributed by atoms with Gasteiger partial charge in [-0.15, -0.1) is 0 Å². The molecule has 1 atom stereocenters. The van der Waals surface area contributed by atoms with Crippen molar-refractivity contribution in [1.29, 1.82) is 0 Å². The van der Waals surface area contributed by atoms with Crippen molar-refractivity contribution in [2.75, 3.05) is 18.0 Å². The molecule has 3 rings (SSSR count). The van der Waals surface area contributed by atoms with Crippen LogP contribution in [0.2, 0.25) is 0 Å². The van der Waals surface area contributed by atoms with Crippen LogP contribution in [0.5, 0.6) is 0 Å². The van der Waals surface area contributed by atoms with Gasteiger partial charge in [0.2, 0.25) is 0 Å². The summed E-state index contributed by atoms with van der Waals surface area (Å²) < 4.78 is 0. The Balaban J connectivity index is 1.74. The first kappa shape index (κ1) is 13.9. The Morgan fingerprint density at radius 1 is 1.10 bits per heavy atom. The van der Waals surface area contributed by atoms with Crippen molar-refractivity contribution in [2.24, 2.45) is 11.1 Å². The Bertz CT molecular complexity index is 438. The van der Waals surface area contributed by atoms with Crippen LogP contribution in [-0.2, 0) is 0 Å². The van der Waals surface area contributed by atoms with Crippen LogP contribution in [0, 0.1) is 5.41 Å². The number of nitrogens with two attached hydrogens (primary N) is 1. The number of hydrogen-bond acceptors (Lipinski definition) is 2. The minimum absolute atomic E-state index is 0.175. The highest BCUT2D eigenvalue weighted by molar-refractivity contribution is 5.55. The summed E-state index contributed by atoms with van der Waals surface area (Å²) in [6, 6.07) is 8.92. The highest BCUT2D eigenvalue weighted by Gasteiger charge is 2.37. The topological polar surface area (TPSA) is 29.3 Å². The van der Waals surface area contributed by atoms with Crippen LogP contribution in [0.3, 0.4) is 0 Å². The van der Waals surface area contributed by atoms with Crippen LogP contribution in [-0.4, -0.2) is 13.1 Å². The fourth-order valence-corrected chi connectivity index (χ4v) is 4.16. The molecule has 1 aliphatic carbocycles. The molecule has 1 unspecified atom stereocenters. The van der Waals surface area contributed by atoms with Gasteiger partial charge in [0.05, 0.1) is 0 Å². The Morgan fingerprint density at radius 3 is 2.40 bits per heavy atom. The number of hydrogen-bond donors (Lipinski definition) is 1. The number of anilines is 1. The van der Waals surface area contributed by atoms with Crippen molar-refractivity contribution < 1.29 is 0 Å². The Morgan fingerprint density at radius 2 is 1.75 bits per heavy atom. The molecular formula is C18H28N2. The minimum Gasteiger partial charge on any atom is -0.371 e. The van der Waals surface area contributed by atoms with Crippen LogP contribution in [0.4, 0.5) is 5.69 Å². The molecule has 0 bridgehead atoms. The molecule has 1 aliphatic heterocycles. The van der Waals surface area contributed by atoms with Gasteiger partial charge in [0.1, 0.15) is 0 Å². The maximum atomic E-state index is 6.29. The normalized spacial score (nSPS) is 23.2. The lowest BCUT2D eigenvalue weighted by Crippen LogP contribution is -2.39. The van der Waals surface area contributed by atoms with Crippen molar-refractivity contribution in [3.05, 3.63) is 29.8 Å². The zero-order valence-electron chi connectivity index (χ0n) is 12.8. The lowest BCUT2D eigenvalue weighted by Gasteiger charge is -2.41. The Hall–Kier alpha value is -1.02. The molecular weight excluding hydrogens is 244 g/mol. The smallest absolute Gasteiger partial charge is 0.0414 e. The van der Waals surface area contributed by atoms with Gasteiger partial charge in [-0.1, -0.05) is 38.0 Å². The van der Waals surface area contributed by atoms with Crippen molar-refractivity contribution in [3.8, 4) is 0 Å². The van der Waals surface area contributed by atoms with Gasteiger partial charge >= 0.3 is 0 Å². The van der Waals surface area contributed by atoms with Crippen LogP contribution < -0.4 is 10.6 Å². The van der Waals surface area contributed by atoms with E-state index in [1.54, 1.807) is 0 Å². The maximum absolute atomic E-state index is 6.29. The first-order valence-electron chi connectivity index (χ1n) is 8.33. The van der Waals surface area contributed by atoms with Crippen molar-refractivity contribution in [2.45, 2.75) is 57.9 Å². The second-order valence-electron chi connectivity index (χ2n) is 6.77. The Labute approximate surface area is 123 Å². The van der Waals surface area contributed by atoms with E-state index >= 15 is 0 Å². The highest BCUT2D eigenvalue weighted by Crippen LogP contribution is 2.47. The number of nitrogens with zero attached hydrogens (tertiary/aromatic N) is 1. The Kier molecular flexibility index (Phi) is 4.02. The van der Waals surface area contributed by atoms with Crippen LogP contribution in [0.25, 0.3) is 0 Å². The van der Waals surface area contributed by atoms with Crippen molar-refractivity contribution in [3.63, 3.8) is 0 Å². The third-order valence-corrected chi connectivity index (χ3v) is 5.61. The number of piperidine rings is 1. The van der Waals surface area contributed by atoms with Crippen LogP contribution >= 0.6 is 0 Å². The number of benzene rings is 1. The van der Waals surface area contributed by atoms with E-state index < -0.39 is 0 Å². The molecule has 2 N–H and O–H groups in total. The van der Waals surface area contributed by atoms with E-state index in [2.05, 4.69) is 36.1 Å². The predicted molar refractivity (Wildman–Crippen MR) is 86.0 cm³/mol. The molecule has 0 amide bonds. The van der Waals surface area contributed by atoms with Gasteiger partial charge < -0.3 is 10.6 Å². The quantitative estimate of drug-likeness (QED) is 0.891. The average Bonchev–Trinajstić information content (AvgIpc) is 2.95. The van der Waals surface area contributed by atoms with Gasteiger partial charge in [-0.05, 0) is 49.1 Å². The number of para-hydroxylation sites is 1. The second kappa shape index (κ2) is 5.77. The molecule has 1 saturated heterocycles. The van der Waals surface area contributed by atoms with Crippen molar-refractivity contribution in [1.82, 2.24) is 0 Å². The zero-order chi connectivity index (χ0) is 14.0. The van der Waals surface area contributed by atoms with Crippen molar-refractivity contribution >= 4 is 5.69 Å². The molecule has 110 valence electrons. The van der Waals surface area contributed by atoms with E-state index in [1.807, 2.05) is 0 Å². The van der Waals surface area contributed by atoms with E-state index in [4.69, 9.17) is 5.73 Å². The third-order valence-electron chi connectivity index (χ3n) is 5.61. The molecule has 1 aromatic carbocycles. The summed E-state index contributed by atoms with van der Waals surface area (Å²) in [5.74, 6) is 0. The minimum atomic E-state index is 0.175. The largest absolute Gasteiger partial charge is 0.371 e. The molecule has 1 spiro atoms. The van der Waals surface area contributed by atoms with Crippen LogP contribution in [0.15, 0.2) is 24.3 Å². The summed E-state index contributed by atoms with van der Waals surface area (Å²) in [5, 5.41) is 0. The predicted octanol–water partition coefficient (Wildman–Crippen LogP) is 4.26. The first-order valence-corrected chi connectivity index (χ1v) is 8.33. The summed E-state index contributed by atoms with van der Waals surface area (Å²) >= 11 is 0. The van der Waals surface area contributed by atoms with Gasteiger partial charge in [-0.25, -0.2) is 0 Å². The lowest BCUT2D eigenvalue weighted by atomic mass is 9.77. The van der Waals surface area contributed by atoms with E-state index in [-0.39, 0.29) is 6.04 Å². The van der Waals surface area contributed by atoms with E-state index in [9.17, 15) is 0 Å². The maximum Gasteiger partial charge on any atom is 0.0414 e. The molecule has 2 fully saturated rings. The van der Waals surface area contributed by atoms with Gasteiger partial charge in [0.15, 0.2) is 0 Å². The molecule has 0 radical (unpaired) electrons. The summed E-state index contributed by atoms with van der Waals surface area (Å²) in [5.41, 5.74) is 9.70. The standard InChI is InChI=1S/C18H28N2/c1-2-16(19)15-7-3-4-8-17(15)20-13-11-18(12-14-20)9-5-6-10-18/h3-4,7-8,16H,2,5-6,9-14,19H2,1H3. The molecule has 0 aromatic heterocycles. The monoisotopic (exact) mass is 272 g/mol. The third kappa shape index (κ3) is 2.58. The van der Waals surface area contributed by atoms with E-state index in [0.29, 0.717) is 5.41 Å². The van der Waals surface area contributed by atoms with E-state index in [0.717, 1.165) is 6.42 Å². The highest BCUT2D eigenvalue weighted by atomic mass is 15.1. The first-order chi connectivity index (χ1) is 9.74. The average molecular weight is 272 g/mol. The van der Waals surface area contributed by atoms with E-state index in [1.165, 1.54) is 62.9 Å². The molecule has 2 nitrogen and oxygen atoms in total. The zero-order valence-corrected chi connectivity index (χ0v) is 12.8. The second-order valence-corrected chi connectivity index (χ2v) is 6.77. The number of rotatable bonds is 3. The molecule has 2 heteroatoms. The van der Waals surface area contributed by atoms with Gasteiger partial charge in [0, 0.05) is 24.8 Å². The van der Waals surface area contributed by atoms with Gasteiger partial charge in [-0.3, -0.25) is 0 Å². The fourth-order valence-electron chi connectivity index (χ4n) is 4.16. The summed E-state index contributed by atoms with van der Waals surface area (Å²) in [7, 11) is 0. The fraction of sp³-hybridized carbons (Fsp3) is 0.667. The summed E-state index contributed by atoms with van der Waals surface area (Å²) in [6.07, 6.45) is 9.61. The lowest BCUT2D eigenvalue weighted by molar-refractivity contribution is 0.226. The van der Waals surface area contributed by atoms with Gasteiger partial charge in [-0.2, -0.15) is 0 Å². The molecule has 1 heterocycles. The summed E-state index contributed by atoms with van der Waals surface area (Å²) in [4.78, 5) is 2.58. The summed E-state index contributed by atoms with van der Waals surface area (Å²) in [6.45, 7) is 4.60. The molecule has 1 aromatic rings. The SMILES string of the molecule is CCC(N)c1ccccc1N1CCC2(CCCC2)CC1.